The molecule has 6 nitrogen and oxygen atoms in total. The van der Waals surface area contributed by atoms with Crippen LogP contribution in [0.5, 0.6) is 0 Å². The van der Waals surface area contributed by atoms with Gasteiger partial charge in [-0.1, -0.05) is 23.8 Å². The standard InChI is InChI=1S/C22H18N2O4S/c1-14-2-6-17(7-3-14)29(27,28)24-13-20(18-11-16(18)5-9-22(25)26)19-10-15(12-23)4-8-21(19)24/h2-10,13,16,18H,11H2,1H3,(H,25,26)/t16-,18+/m1/s1. The van der Waals surface area contributed by atoms with Gasteiger partial charge in [0.15, 0.2) is 0 Å². The van der Waals surface area contributed by atoms with Crippen molar-refractivity contribution in [1.82, 2.24) is 3.97 Å². The highest BCUT2D eigenvalue weighted by Gasteiger charge is 2.39. The maximum atomic E-state index is 13.3. The van der Waals surface area contributed by atoms with Crippen molar-refractivity contribution in [2.75, 3.05) is 0 Å². The summed E-state index contributed by atoms with van der Waals surface area (Å²) in [5.41, 5.74) is 2.73. The van der Waals surface area contributed by atoms with E-state index < -0.39 is 16.0 Å². The molecule has 1 heterocycles. The van der Waals surface area contributed by atoms with Gasteiger partial charge in [0.25, 0.3) is 10.0 Å². The van der Waals surface area contributed by atoms with Crippen LogP contribution in [0.15, 0.2) is 65.7 Å². The van der Waals surface area contributed by atoms with Crippen molar-refractivity contribution >= 4 is 26.9 Å². The Balaban J connectivity index is 1.85. The summed E-state index contributed by atoms with van der Waals surface area (Å²) >= 11 is 0. The van der Waals surface area contributed by atoms with E-state index >= 15 is 0 Å². The Morgan fingerprint density at radius 1 is 1.24 bits per heavy atom. The predicted octanol–water partition coefficient (Wildman–Crippen LogP) is 3.80. The van der Waals surface area contributed by atoms with Crippen LogP contribution in [-0.4, -0.2) is 23.5 Å². The fourth-order valence-corrected chi connectivity index (χ4v) is 4.98. The summed E-state index contributed by atoms with van der Waals surface area (Å²) in [5, 5.41) is 18.8. The summed E-state index contributed by atoms with van der Waals surface area (Å²) in [6.45, 7) is 1.89. The molecule has 3 aromatic rings. The lowest BCUT2D eigenvalue weighted by molar-refractivity contribution is -0.131. The topological polar surface area (TPSA) is 100 Å². The number of hydrogen-bond donors (Lipinski definition) is 1. The lowest BCUT2D eigenvalue weighted by Crippen LogP contribution is -2.11. The van der Waals surface area contributed by atoms with Crippen LogP contribution < -0.4 is 0 Å². The van der Waals surface area contributed by atoms with Crippen molar-refractivity contribution in [2.24, 2.45) is 5.92 Å². The first-order valence-corrected chi connectivity index (χ1v) is 10.5. The van der Waals surface area contributed by atoms with Gasteiger partial charge in [0.2, 0.25) is 0 Å². The number of hydrogen-bond acceptors (Lipinski definition) is 4. The monoisotopic (exact) mass is 406 g/mol. The van der Waals surface area contributed by atoms with Crippen LogP contribution in [0, 0.1) is 24.2 Å². The number of carboxylic acids is 1. The fourth-order valence-electron chi connectivity index (χ4n) is 3.60. The van der Waals surface area contributed by atoms with Gasteiger partial charge in [0.1, 0.15) is 0 Å². The van der Waals surface area contributed by atoms with Gasteiger partial charge in [-0.15, -0.1) is 0 Å². The number of benzene rings is 2. The van der Waals surface area contributed by atoms with Gasteiger partial charge in [0, 0.05) is 17.7 Å². The van der Waals surface area contributed by atoms with E-state index in [-0.39, 0.29) is 16.7 Å². The van der Waals surface area contributed by atoms with E-state index in [1.807, 2.05) is 6.92 Å². The van der Waals surface area contributed by atoms with Gasteiger partial charge in [-0.2, -0.15) is 5.26 Å². The van der Waals surface area contributed by atoms with E-state index in [1.54, 1.807) is 54.7 Å². The van der Waals surface area contributed by atoms with Crippen molar-refractivity contribution in [3.8, 4) is 6.07 Å². The summed E-state index contributed by atoms with van der Waals surface area (Å²) < 4.78 is 27.8. The number of aromatic nitrogens is 1. The van der Waals surface area contributed by atoms with Crippen LogP contribution in [0.2, 0.25) is 0 Å². The second-order valence-corrected chi connectivity index (χ2v) is 9.06. The molecule has 4 rings (SSSR count). The SMILES string of the molecule is Cc1ccc(S(=O)(=O)n2cc([C@H]3C[C@H]3C=CC(=O)O)c3cc(C#N)ccc32)cc1. The van der Waals surface area contributed by atoms with E-state index in [0.29, 0.717) is 16.5 Å². The van der Waals surface area contributed by atoms with E-state index in [1.165, 1.54) is 3.97 Å². The van der Waals surface area contributed by atoms with Gasteiger partial charge in [-0.3, -0.25) is 0 Å². The summed E-state index contributed by atoms with van der Waals surface area (Å²) in [5.74, 6) is -0.943. The first-order chi connectivity index (χ1) is 13.8. The van der Waals surface area contributed by atoms with Crippen LogP contribution in [0.1, 0.15) is 29.0 Å². The Bertz CT molecular complexity index is 1300. The lowest BCUT2D eigenvalue weighted by Gasteiger charge is -2.08. The maximum Gasteiger partial charge on any atom is 0.327 e. The zero-order chi connectivity index (χ0) is 20.8. The van der Waals surface area contributed by atoms with Gasteiger partial charge in [0.05, 0.1) is 22.0 Å². The second kappa shape index (κ2) is 6.90. The number of nitrogens with zero attached hydrogens (tertiary/aromatic N) is 2. The Morgan fingerprint density at radius 2 is 1.97 bits per heavy atom. The molecule has 1 N–H and O–H groups in total. The van der Waals surface area contributed by atoms with Crippen molar-refractivity contribution in [3.63, 3.8) is 0 Å². The first-order valence-electron chi connectivity index (χ1n) is 9.10. The molecule has 1 aromatic heterocycles. The molecule has 0 radical (unpaired) electrons. The number of carbonyl (C=O) groups is 1. The third kappa shape index (κ3) is 3.43. The molecule has 1 aliphatic rings. The Labute approximate surface area is 168 Å². The second-order valence-electron chi connectivity index (χ2n) is 7.25. The number of rotatable bonds is 5. The molecule has 2 atom stereocenters. The number of carboxylic acid groups (broad SMARTS) is 1. The molecule has 0 unspecified atom stereocenters. The molecule has 1 fully saturated rings. The number of aryl methyl sites for hydroxylation is 1. The number of fused-ring (bicyclic) bond motifs is 1. The summed E-state index contributed by atoms with van der Waals surface area (Å²) in [6, 6.07) is 13.7. The first kappa shape index (κ1) is 19.0. The minimum Gasteiger partial charge on any atom is -0.478 e. The van der Waals surface area contributed by atoms with E-state index in [2.05, 4.69) is 6.07 Å². The molecule has 0 saturated heterocycles. The van der Waals surface area contributed by atoms with Gasteiger partial charge in [-0.05, 0) is 61.1 Å². The van der Waals surface area contributed by atoms with Crippen LogP contribution >= 0.6 is 0 Å². The molecule has 146 valence electrons. The number of aliphatic carboxylic acids is 1. The molecular formula is C22H18N2O4S. The Hall–Kier alpha value is -3.37. The summed E-state index contributed by atoms with van der Waals surface area (Å²) in [4.78, 5) is 11.0. The van der Waals surface area contributed by atoms with Crippen molar-refractivity contribution in [1.29, 1.82) is 5.26 Å². The van der Waals surface area contributed by atoms with Crippen molar-refractivity contribution in [2.45, 2.75) is 24.2 Å². The van der Waals surface area contributed by atoms with E-state index in [4.69, 9.17) is 5.11 Å². The van der Waals surface area contributed by atoms with Gasteiger partial charge >= 0.3 is 5.97 Å². The Morgan fingerprint density at radius 3 is 2.62 bits per heavy atom. The smallest absolute Gasteiger partial charge is 0.327 e. The highest BCUT2D eigenvalue weighted by Crippen LogP contribution is 2.51. The minimum atomic E-state index is -3.81. The minimum absolute atomic E-state index is 0.0245. The molecule has 0 bridgehead atoms. The fraction of sp³-hybridized carbons (Fsp3) is 0.182. The molecule has 1 aliphatic carbocycles. The molecule has 29 heavy (non-hydrogen) atoms. The third-order valence-corrected chi connectivity index (χ3v) is 6.92. The van der Waals surface area contributed by atoms with E-state index in [0.717, 1.165) is 23.6 Å². The zero-order valence-corrected chi connectivity index (χ0v) is 16.4. The highest BCUT2D eigenvalue weighted by atomic mass is 32.2. The van der Waals surface area contributed by atoms with Crippen LogP contribution in [0.25, 0.3) is 10.9 Å². The summed E-state index contributed by atoms with van der Waals surface area (Å²) in [6.07, 6.45) is 5.11. The normalized spacial score (nSPS) is 18.8. The zero-order valence-electron chi connectivity index (χ0n) is 15.6. The van der Waals surface area contributed by atoms with Crippen LogP contribution in [-0.2, 0) is 14.8 Å². The third-order valence-electron chi connectivity index (χ3n) is 5.23. The van der Waals surface area contributed by atoms with Crippen LogP contribution in [0.3, 0.4) is 0 Å². The average molecular weight is 406 g/mol. The van der Waals surface area contributed by atoms with Gasteiger partial charge in [-0.25, -0.2) is 17.2 Å². The summed E-state index contributed by atoms with van der Waals surface area (Å²) in [7, 11) is -3.81. The molecule has 7 heteroatoms. The largest absolute Gasteiger partial charge is 0.478 e. The van der Waals surface area contributed by atoms with E-state index in [9.17, 15) is 18.5 Å². The number of allylic oxidation sites excluding steroid dienone is 1. The quantitative estimate of drug-likeness (QED) is 0.650. The molecular weight excluding hydrogens is 388 g/mol. The van der Waals surface area contributed by atoms with Gasteiger partial charge < -0.3 is 5.11 Å². The van der Waals surface area contributed by atoms with Crippen LogP contribution in [0.4, 0.5) is 0 Å². The predicted molar refractivity (Wildman–Crippen MR) is 108 cm³/mol. The number of nitriles is 1. The maximum absolute atomic E-state index is 13.3. The molecule has 2 aromatic carbocycles. The Kier molecular flexibility index (Phi) is 4.52. The van der Waals surface area contributed by atoms with Crippen molar-refractivity contribution in [3.05, 3.63) is 77.5 Å². The molecule has 0 spiro atoms. The molecule has 0 aliphatic heterocycles. The van der Waals surface area contributed by atoms with Crippen molar-refractivity contribution < 1.29 is 18.3 Å². The lowest BCUT2D eigenvalue weighted by atomic mass is 10.1. The highest BCUT2D eigenvalue weighted by molar-refractivity contribution is 7.90. The molecule has 0 amide bonds. The average Bonchev–Trinajstić information content (AvgIpc) is 3.37. The molecule has 1 saturated carbocycles.